The van der Waals surface area contributed by atoms with Crippen LogP contribution in [0.15, 0.2) is 24.3 Å². The van der Waals surface area contributed by atoms with Gasteiger partial charge in [0.25, 0.3) is 0 Å². The van der Waals surface area contributed by atoms with E-state index in [1.54, 1.807) is 24.3 Å². The van der Waals surface area contributed by atoms with Crippen LogP contribution in [0.25, 0.3) is 0 Å². The van der Waals surface area contributed by atoms with Crippen LogP contribution in [0, 0.1) is 40.4 Å². The van der Waals surface area contributed by atoms with Crippen molar-refractivity contribution in [3.63, 3.8) is 0 Å². The van der Waals surface area contributed by atoms with E-state index in [9.17, 15) is 14.7 Å². The molecule has 1 aromatic carbocycles. The summed E-state index contributed by atoms with van der Waals surface area (Å²) < 4.78 is 5.83. The highest BCUT2D eigenvalue weighted by atomic mass is 16.6. The average molecular weight is 455 g/mol. The van der Waals surface area contributed by atoms with Crippen LogP contribution in [-0.2, 0) is 9.53 Å². The Hall–Kier alpha value is -2.24. The summed E-state index contributed by atoms with van der Waals surface area (Å²) in [5.41, 5.74) is 7.31. The minimum absolute atomic E-state index is 0.0310. The van der Waals surface area contributed by atoms with E-state index < -0.39 is 5.97 Å². The lowest BCUT2D eigenvalue weighted by molar-refractivity contribution is -0.154. The maximum atomic E-state index is 12.5. The molecule has 4 N–H and O–H groups in total. The quantitative estimate of drug-likeness (QED) is 0.491. The minimum atomic E-state index is -0.590. The normalized spacial score (nSPS) is 41.9. The molecule has 5 rings (SSSR count). The molecule has 4 aliphatic rings. The zero-order valence-electron chi connectivity index (χ0n) is 19.9. The third-order valence-corrected chi connectivity index (χ3v) is 10.3. The van der Waals surface area contributed by atoms with Crippen molar-refractivity contribution in [3.05, 3.63) is 24.3 Å². The van der Waals surface area contributed by atoms with E-state index in [0.29, 0.717) is 35.0 Å². The molecule has 1 aromatic rings. The molecule has 6 nitrogen and oxygen atoms in total. The number of carboxylic acid groups (broad SMARTS) is 1. The molecule has 0 bridgehead atoms. The predicted octanol–water partition coefficient (Wildman–Crippen LogP) is 5.93. The van der Waals surface area contributed by atoms with Gasteiger partial charge in [-0.3, -0.25) is 10.1 Å². The largest absolute Gasteiger partial charge is 0.481 e. The smallest absolute Gasteiger partial charge is 0.411 e. The number of carboxylic acids is 1. The topological polar surface area (TPSA) is 102 Å². The highest BCUT2D eigenvalue weighted by Gasteiger charge is 2.61. The predicted molar refractivity (Wildman–Crippen MR) is 128 cm³/mol. The van der Waals surface area contributed by atoms with Gasteiger partial charge in [-0.2, -0.15) is 0 Å². The number of nitrogens with one attached hydrogen (secondary N) is 1. The second-order valence-electron chi connectivity index (χ2n) is 11.7. The average Bonchev–Trinajstić information content (AvgIpc) is 3.13. The van der Waals surface area contributed by atoms with Crippen molar-refractivity contribution in [3.8, 4) is 0 Å². The first-order valence-electron chi connectivity index (χ1n) is 12.8. The van der Waals surface area contributed by atoms with E-state index in [0.717, 1.165) is 44.9 Å². The van der Waals surface area contributed by atoms with Crippen molar-refractivity contribution < 1.29 is 19.4 Å². The van der Waals surface area contributed by atoms with Crippen LogP contribution in [0.5, 0.6) is 0 Å². The van der Waals surface area contributed by atoms with E-state index in [-0.39, 0.29) is 28.9 Å². The van der Waals surface area contributed by atoms with Crippen LogP contribution >= 0.6 is 0 Å². The highest BCUT2D eigenvalue weighted by Crippen LogP contribution is 2.67. The summed E-state index contributed by atoms with van der Waals surface area (Å²) in [4.78, 5) is 24.4. The summed E-state index contributed by atoms with van der Waals surface area (Å²) in [6.45, 7) is 4.74. The number of nitrogen functional groups attached to an aromatic ring is 1. The molecule has 4 saturated carbocycles. The summed E-state index contributed by atoms with van der Waals surface area (Å²) in [5, 5.41) is 12.6. The Kier molecular flexibility index (Phi) is 5.61. The van der Waals surface area contributed by atoms with Gasteiger partial charge in [0.2, 0.25) is 0 Å². The standard InChI is InChI=1S/C27H38N2O4/c1-26-13-11-19(33-25(32)29-18-6-4-17(28)5-7-18)15-16(26)3-8-20-21-9-10-23(24(30)31)27(21,2)14-12-22(20)26/h4-7,16,19-23H,3,8-15,28H2,1-2H3,(H,29,32)(H,30,31)/t16?,19?,20-,21-,22-,23?,26-,27-/m0/s1. The summed E-state index contributed by atoms with van der Waals surface area (Å²) >= 11 is 0. The molecule has 1 amide bonds. The Morgan fingerprint density at radius 3 is 2.39 bits per heavy atom. The second kappa shape index (κ2) is 8.21. The first-order chi connectivity index (χ1) is 15.7. The number of anilines is 2. The number of hydrogen-bond donors (Lipinski definition) is 3. The lowest BCUT2D eigenvalue weighted by atomic mass is 9.44. The third-order valence-electron chi connectivity index (χ3n) is 10.3. The highest BCUT2D eigenvalue weighted by molar-refractivity contribution is 5.84. The fraction of sp³-hybridized carbons (Fsp3) is 0.704. The maximum absolute atomic E-state index is 12.5. The Balaban J connectivity index is 1.23. The molecule has 0 heterocycles. The van der Waals surface area contributed by atoms with Gasteiger partial charge in [0.15, 0.2) is 0 Å². The molecular weight excluding hydrogens is 416 g/mol. The number of amides is 1. The van der Waals surface area contributed by atoms with Gasteiger partial charge in [0.1, 0.15) is 6.10 Å². The van der Waals surface area contributed by atoms with Crippen LogP contribution in [0.3, 0.4) is 0 Å². The van der Waals surface area contributed by atoms with Crippen molar-refractivity contribution in [1.29, 1.82) is 0 Å². The molecule has 6 heteroatoms. The third kappa shape index (κ3) is 3.79. The van der Waals surface area contributed by atoms with Gasteiger partial charge in [-0.05, 0) is 117 Å². The Labute approximate surface area is 196 Å². The summed E-state index contributed by atoms with van der Waals surface area (Å²) in [5.74, 6) is 1.69. The molecule has 3 unspecified atom stereocenters. The van der Waals surface area contributed by atoms with Gasteiger partial charge in [-0.25, -0.2) is 4.79 Å². The molecule has 0 aliphatic heterocycles. The summed E-state index contributed by atoms with van der Waals surface area (Å²) in [6, 6.07) is 7.09. The van der Waals surface area contributed by atoms with Gasteiger partial charge < -0.3 is 15.6 Å². The number of fused-ring (bicyclic) bond motifs is 5. The molecule has 33 heavy (non-hydrogen) atoms. The number of carbonyl (C=O) groups excluding carboxylic acids is 1. The SMILES string of the molecule is C[C@]12CCC(OC(=O)Nc3ccc(N)cc3)CC1CC[C@@H]1[C@@H]2CC[C@]2(C)C(C(=O)O)CC[C@@H]12. The summed E-state index contributed by atoms with van der Waals surface area (Å²) in [7, 11) is 0. The van der Waals surface area contributed by atoms with Crippen molar-refractivity contribution in [1.82, 2.24) is 0 Å². The molecule has 0 aromatic heterocycles. The molecule has 4 fully saturated rings. The number of nitrogens with two attached hydrogens (primary N) is 1. The van der Waals surface area contributed by atoms with E-state index in [1.807, 2.05) is 0 Å². The van der Waals surface area contributed by atoms with Crippen molar-refractivity contribution in [2.45, 2.75) is 77.7 Å². The van der Waals surface area contributed by atoms with Crippen LogP contribution in [0.2, 0.25) is 0 Å². The molecule has 0 spiro atoms. The van der Waals surface area contributed by atoms with Crippen molar-refractivity contribution in [2.24, 2.45) is 40.4 Å². The number of benzene rings is 1. The van der Waals surface area contributed by atoms with Crippen LogP contribution < -0.4 is 11.1 Å². The molecule has 180 valence electrons. The molecular formula is C27H38N2O4. The first kappa shape index (κ1) is 22.5. The molecule has 0 saturated heterocycles. The van der Waals surface area contributed by atoms with Gasteiger partial charge in [0, 0.05) is 11.4 Å². The number of rotatable bonds is 3. The monoisotopic (exact) mass is 454 g/mol. The van der Waals surface area contributed by atoms with Gasteiger partial charge in [-0.1, -0.05) is 13.8 Å². The van der Waals surface area contributed by atoms with E-state index in [1.165, 1.54) is 12.8 Å². The minimum Gasteiger partial charge on any atom is -0.481 e. The Morgan fingerprint density at radius 1 is 0.970 bits per heavy atom. The summed E-state index contributed by atoms with van der Waals surface area (Å²) in [6.07, 6.45) is 8.99. The van der Waals surface area contributed by atoms with Crippen molar-refractivity contribution >= 4 is 23.4 Å². The fourth-order valence-electron chi connectivity index (χ4n) is 8.60. The fourth-order valence-corrected chi connectivity index (χ4v) is 8.60. The van der Waals surface area contributed by atoms with Gasteiger partial charge in [0.05, 0.1) is 5.92 Å². The molecule has 8 atom stereocenters. The first-order valence-corrected chi connectivity index (χ1v) is 12.8. The van der Waals surface area contributed by atoms with E-state index in [2.05, 4.69) is 19.2 Å². The molecule has 4 aliphatic carbocycles. The van der Waals surface area contributed by atoms with E-state index in [4.69, 9.17) is 10.5 Å². The van der Waals surface area contributed by atoms with Gasteiger partial charge in [-0.15, -0.1) is 0 Å². The number of aliphatic carboxylic acids is 1. The maximum Gasteiger partial charge on any atom is 0.411 e. The van der Waals surface area contributed by atoms with E-state index >= 15 is 0 Å². The zero-order valence-corrected chi connectivity index (χ0v) is 19.9. The number of hydrogen-bond acceptors (Lipinski definition) is 4. The lowest BCUT2D eigenvalue weighted by Crippen LogP contribution is -2.54. The number of ether oxygens (including phenoxy) is 1. The van der Waals surface area contributed by atoms with Gasteiger partial charge >= 0.3 is 12.1 Å². The lowest BCUT2D eigenvalue weighted by Gasteiger charge is -2.60. The van der Waals surface area contributed by atoms with Crippen LogP contribution in [0.1, 0.15) is 71.6 Å². The Bertz CT molecular complexity index is 917. The van der Waals surface area contributed by atoms with Crippen LogP contribution in [0.4, 0.5) is 16.2 Å². The molecule has 0 radical (unpaired) electrons. The Morgan fingerprint density at radius 2 is 1.67 bits per heavy atom. The second-order valence-corrected chi connectivity index (χ2v) is 11.7. The van der Waals surface area contributed by atoms with Crippen molar-refractivity contribution in [2.75, 3.05) is 11.1 Å². The van der Waals surface area contributed by atoms with Crippen LogP contribution in [-0.4, -0.2) is 23.3 Å². The zero-order chi connectivity index (χ0) is 23.4. The number of carbonyl (C=O) groups is 2.